The molecule has 1 unspecified atom stereocenters. The highest BCUT2D eigenvalue weighted by atomic mass is 35.5. The Morgan fingerprint density at radius 3 is 3.14 bits per heavy atom. The number of hydrogen-bond acceptors (Lipinski definition) is 4. The average Bonchev–Trinajstić information content (AvgIpc) is 3.18. The second-order valence-corrected chi connectivity index (χ2v) is 6.06. The fourth-order valence-corrected chi connectivity index (χ4v) is 2.96. The Morgan fingerprint density at radius 2 is 2.36 bits per heavy atom. The van der Waals surface area contributed by atoms with E-state index in [2.05, 4.69) is 26.8 Å². The predicted molar refractivity (Wildman–Crippen MR) is 85.3 cm³/mol. The van der Waals surface area contributed by atoms with E-state index in [1.165, 1.54) is 17.5 Å². The van der Waals surface area contributed by atoms with Crippen LogP contribution in [-0.4, -0.2) is 30.7 Å². The first-order valence-corrected chi connectivity index (χ1v) is 7.71. The number of hydrogen-bond donors (Lipinski definition) is 1. The van der Waals surface area contributed by atoms with Gasteiger partial charge in [-0.15, -0.1) is 0 Å². The number of amides is 1. The van der Waals surface area contributed by atoms with Crippen molar-refractivity contribution in [3.05, 3.63) is 46.8 Å². The molecule has 2 aromatic rings. The molecule has 1 N–H and O–H groups in total. The number of nitrogens with one attached hydrogen (secondary N) is 1. The first-order chi connectivity index (χ1) is 10.6. The van der Waals surface area contributed by atoms with Crippen LogP contribution in [0.25, 0.3) is 0 Å². The number of carbonyl (C=O) groups is 1. The molecule has 2 heterocycles. The van der Waals surface area contributed by atoms with Gasteiger partial charge in [0.05, 0.1) is 0 Å². The molecule has 5 nitrogen and oxygen atoms in total. The van der Waals surface area contributed by atoms with Crippen LogP contribution >= 0.6 is 11.6 Å². The Balaban J connectivity index is 1.56. The molecule has 1 atom stereocenters. The van der Waals surface area contributed by atoms with Gasteiger partial charge in [0.25, 0.3) is 5.91 Å². The van der Waals surface area contributed by atoms with Gasteiger partial charge in [0.15, 0.2) is 5.69 Å². The molecule has 0 aliphatic carbocycles. The van der Waals surface area contributed by atoms with Gasteiger partial charge < -0.3 is 14.7 Å². The van der Waals surface area contributed by atoms with Gasteiger partial charge in [-0.2, -0.15) is 0 Å². The number of aryl methyl sites for hydroxylation is 1. The van der Waals surface area contributed by atoms with E-state index in [4.69, 9.17) is 11.6 Å². The molecule has 0 radical (unpaired) electrons. The summed E-state index contributed by atoms with van der Waals surface area (Å²) >= 11 is 6.09. The van der Waals surface area contributed by atoms with Crippen LogP contribution in [-0.2, 0) is 0 Å². The number of carbonyl (C=O) groups excluding carboxylic acids is 1. The monoisotopic (exact) mass is 319 g/mol. The first kappa shape index (κ1) is 14.9. The summed E-state index contributed by atoms with van der Waals surface area (Å²) in [6, 6.07) is 7.52. The van der Waals surface area contributed by atoms with E-state index in [0.29, 0.717) is 18.2 Å². The van der Waals surface area contributed by atoms with E-state index in [0.717, 1.165) is 24.5 Å². The van der Waals surface area contributed by atoms with Crippen molar-refractivity contribution in [1.29, 1.82) is 0 Å². The topological polar surface area (TPSA) is 58.4 Å². The van der Waals surface area contributed by atoms with E-state index in [9.17, 15) is 4.79 Å². The van der Waals surface area contributed by atoms with E-state index in [1.54, 1.807) is 6.07 Å². The average molecular weight is 320 g/mol. The summed E-state index contributed by atoms with van der Waals surface area (Å²) in [5.74, 6) is 0.236. The lowest BCUT2D eigenvalue weighted by Gasteiger charge is -2.21. The molecule has 1 saturated heterocycles. The van der Waals surface area contributed by atoms with Crippen LogP contribution < -0.4 is 10.2 Å². The maximum absolute atomic E-state index is 11.8. The van der Waals surface area contributed by atoms with Crippen molar-refractivity contribution >= 4 is 23.2 Å². The molecule has 0 bridgehead atoms. The van der Waals surface area contributed by atoms with E-state index >= 15 is 0 Å². The Hall–Kier alpha value is -2.01. The zero-order valence-corrected chi connectivity index (χ0v) is 13.1. The molecule has 6 heteroatoms. The van der Waals surface area contributed by atoms with Crippen LogP contribution in [0.5, 0.6) is 0 Å². The second kappa shape index (κ2) is 6.40. The van der Waals surface area contributed by atoms with Gasteiger partial charge in [-0.05, 0) is 37.0 Å². The number of aromatic nitrogens is 1. The van der Waals surface area contributed by atoms with Crippen LogP contribution in [0.1, 0.15) is 22.5 Å². The van der Waals surface area contributed by atoms with E-state index < -0.39 is 0 Å². The van der Waals surface area contributed by atoms with Crippen LogP contribution in [0.15, 0.2) is 35.1 Å². The summed E-state index contributed by atoms with van der Waals surface area (Å²) in [6.07, 6.45) is 2.44. The quantitative estimate of drug-likeness (QED) is 0.941. The molecule has 0 spiro atoms. The third-order valence-corrected chi connectivity index (χ3v) is 4.25. The highest BCUT2D eigenvalue weighted by Crippen LogP contribution is 2.29. The summed E-state index contributed by atoms with van der Waals surface area (Å²) in [7, 11) is 0. The largest absolute Gasteiger partial charge is 0.371 e. The summed E-state index contributed by atoms with van der Waals surface area (Å²) < 4.78 is 4.68. The highest BCUT2D eigenvalue weighted by Gasteiger charge is 2.24. The van der Waals surface area contributed by atoms with Crippen molar-refractivity contribution in [2.24, 2.45) is 5.92 Å². The number of anilines is 1. The highest BCUT2D eigenvalue weighted by molar-refractivity contribution is 6.30. The van der Waals surface area contributed by atoms with Gasteiger partial charge in [0.2, 0.25) is 0 Å². The van der Waals surface area contributed by atoms with Crippen LogP contribution in [0.3, 0.4) is 0 Å². The molecule has 1 amide bonds. The third-order valence-electron chi connectivity index (χ3n) is 4.02. The molecule has 1 aliphatic heterocycles. The normalized spacial score (nSPS) is 17.7. The standard InChI is InChI=1S/C16H18ClN3O2/c1-11-2-3-13(17)8-15(11)20-6-4-12(10-20)9-18-16(21)14-5-7-22-19-14/h2-3,5,7-8,12H,4,6,9-10H2,1H3,(H,18,21). The minimum atomic E-state index is -0.189. The van der Waals surface area contributed by atoms with E-state index in [-0.39, 0.29) is 5.91 Å². The Bertz CT molecular complexity index is 657. The lowest BCUT2D eigenvalue weighted by molar-refractivity contribution is 0.0939. The Labute approximate surface area is 134 Å². The number of benzene rings is 1. The summed E-state index contributed by atoms with van der Waals surface area (Å²) in [5.41, 5.74) is 2.72. The molecule has 1 aromatic carbocycles. The molecule has 1 aromatic heterocycles. The summed E-state index contributed by atoms with van der Waals surface area (Å²) in [4.78, 5) is 14.2. The van der Waals surface area contributed by atoms with Gasteiger partial charge in [-0.1, -0.05) is 22.8 Å². The lowest BCUT2D eigenvalue weighted by Crippen LogP contribution is -2.31. The number of nitrogens with zero attached hydrogens (tertiary/aromatic N) is 2. The lowest BCUT2D eigenvalue weighted by atomic mass is 10.1. The summed E-state index contributed by atoms with van der Waals surface area (Å²) in [5, 5.41) is 7.30. The molecule has 1 fully saturated rings. The van der Waals surface area contributed by atoms with Crippen molar-refractivity contribution in [3.8, 4) is 0 Å². The minimum Gasteiger partial charge on any atom is -0.371 e. The molecular formula is C16H18ClN3O2. The van der Waals surface area contributed by atoms with Crippen molar-refractivity contribution in [3.63, 3.8) is 0 Å². The predicted octanol–water partition coefficient (Wildman–Crippen LogP) is 2.89. The van der Waals surface area contributed by atoms with Crippen LogP contribution in [0.4, 0.5) is 5.69 Å². The summed E-state index contributed by atoms with van der Waals surface area (Å²) in [6.45, 7) is 4.62. The van der Waals surface area contributed by atoms with Gasteiger partial charge in [-0.3, -0.25) is 4.79 Å². The van der Waals surface area contributed by atoms with Gasteiger partial charge in [-0.25, -0.2) is 0 Å². The zero-order chi connectivity index (χ0) is 15.5. The van der Waals surface area contributed by atoms with Crippen molar-refractivity contribution in [1.82, 2.24) is 10.5 Å². The van der Waals surface area contributed by atoms with Crippen molar-refractivity contribution < 1.29 is 9.32 Å². The van der Waals surface area contributed by atoms with Gasteiger partial charge >= 0.3 is 0 Å². The number of halogens is 1. The maximum Gasteiger partial charge on any atom is 0.273 e. The molecular weight excluding hydrogens is 302 g/mol. The molecule has 3 rings (SSSR count). The maximum atomic E-state index is 11.8. The fourth-order valence-electron chi connectivity index (χ4n) is 2.80. The van der Waals surface area contributed by atoms with Gasteiger partial charge in [0, 0.05) is 36.4 Å². The molecule has 1 aliphatic rings. The van der Waals surface area contributed by atoms with Crippen LogP contribution in [0.2, 0.25) is 5.02 Å². The van der Waals surface area contributed by atoms with Gasteiger partial charge in [0.1, 0.15) is 6.26 Å². The second-order valence-electron chi connectivity index (χ2n) is 5.63. The van der Waals surface area contributed by atoms with E-state index in [1.807, 2.05) is 18.2 Å². The molecule has 116 valence electrons. The SMILES string of the molecule is Cc1ccc(Cl)cc1N1CCC(CNC(=O)c2ccon2)C1. The molecule has 0 saturated carbocycles. The number of rotatable bonds is 4. The fraction of sp³-hybridized carbons (Fsp3) is 0.375. The van der Waals surface area contributed by atoms with Crippen LogP contribution in [0, 0.1) is 12.8 Å². The Morgan fingerprint density at radius 1 is 1.50 bits per heavy atom. The smallest absolute Gasteiger partial charge is 0.273 e. The van der Waals surface area contributed by atoms with Crippen molar-refractivity contribution in [2.75, 3.05) is 24.5 Å². The zero-order valence-electron chi connectivity index (χ0n) is 12.4. The van der Waals surface area contributed by atoms with Crippen molar-refractivity contribution in [2.45, 2.75) is 13.3 Å². The Kier molecular flexibility index (Phi) is 4.34. The third kappa shape index (κ3) is 3.25. The first-order valence-electron chi connectivity index (χ1n) is 7.33. The molecule has 22 heavy (non-hydrogen) atoms. The minimum absolute atomic E-state index is 0.189.